The molecule has 0 spiro atoms. The predicted molar refractivity (Wildman–Crippen MR) is 36.3 cm³/mol. The van der Waals surface area contributed by atoms with Gasteiger partial charge < -0.3 is 5.11 Å². The number of hydrogen-bond acceptors (Lipinski definition) is 1. The predicted octanol–water partition coefficient (Wildman–Crippen LogP) is 1.73. The molecule has 2 unspecified atom stereocenters. The maximum absolute atomic E-state index is 8.84. The van der Waals surface area contributed by atoms with Crippen LogP contribution in [0.5, 0.6) is 0 Å². The van der Waals surface area contributed by atoms with Crippen LogP contribution in [0.1, 0.15) is 6.92 Å². The fraction of sp³-hybridized carbons (Fsp3) is 0.600. The van der Waals surface area contributed by atoms with Crippen molar-refractivity contribution >= 4 is 23.2 Å². The highest BCUT2D eigenvalue weighted by Crippen LogP contribution is 2.12. The summed E-state index contributed by atoms with van der Waals surface area (Å²) in [5.41, 5.74) is 0. The van der Waals surface area contributed by atoms with E-state index in [2.05, 4.69) is 6.58 Å². The molecule has 0 aromatic rings. The van der Waals surface area contributed by atoms with Gasteiger partial charge in [0.2, 0.25) is 0 Å². The lowest BCUT2D eigenvalue weighted by molar-refractivity contribution is 0.218. The summed E-state index contributed by atoms with van der Waals surface area (Å²) in [6, 6.07) is 0. The highest BCUT2D eigenvalue weighted by molar-refractivity contribution is 6.31. The lowest BCUT2D eigenvalue weighted by Crippen LogP contribution is -2.16. The van der Waals surface area contributed by atoms with Gasteiger partial charge in [-0.25, -0.2) is 0 Å². The molecule has 1 nitrogen and oxygen atoms in total. The average molecular weight is 155 g/mol. The number of hydrogen-bond donors (Lipinski definition) is 1. The molecule has 0 aromatic heterocycles. The summed E-state index contributed by atoms with van der Waals surface area (Å²) in [5.74, 6) is 0. The molecular weight excluding hydrogens is 147 g/mol. The molecule has 0 saturated carbocycles. The van der Waals surface area contributed by atoms with Crippen LogP contribution in [-0.4, -0.2) is 16.6 Å². The molecule has 1 N–H and O–H groups in total. The second-order valence-electron chi connectivity index (χ2n) is 1.57. The number of halogens is 2. The molecule has 3 heteroatoms. The van der Waals surface area contributed by atoms with Crippen molar-refractivity contribution in [3.05, 3.63) is 11.6 Å². The van der Waals surface area contributed by atoms with Gasteiger partial charge in [0.25, 0.3) is 0 Å². The van der Waals surface area contributed by atoms with Crippen LogP contribution < -0.4 is 0 Å². The van der Waals surface area contributed by atoms with E-state index in [9.17, 15) is 0 Å². The molecule has 0 bridgehead atoms. The lowest BCUT2D eigenvalue weighted by atomic mass is 10.3. The van der Waals surface area contributed by atoms with E-state index in [1.807, 2.05) is 0 Å². The minimum absolute atomic E-state index is 0.188. The summed E-state index contributed by atoms with van der Waals surface area (Å²) < 4.78 is 0. The van der Waals surface area contributed by atoms with Crippen LogP contribution in [0.2, 0.25) is 0 Å². The van der Waals surface area contributed by atoms with E-state index in [4.69, 9.17) is 28.3 Å². The number of aliphatic hydroxyl groups is 1. The van der Waals surface area contributed by atoms with Crippen LogP contribution in [0.15, 0.2) is 11.6 Å². The molecule has 0 aromatic carbocycles. The molecule has 0 aliphatic carbocycles. The summed E-state index contributed by atoms with van der Waals surface area (Å²) in [5, 5.41) is 8.67. The standard InChI is InChI=1S/C5H8Cl2O/c1-3(6)5(8)4(2)7/h4-5,8H,1H2,2H3. The maximum atomic E-state index is 8.84. The Balaban J connectivity index is 3.64. The van der Waals surface area contributed by atoms with E-state index < -0.39 is 6.10 Å². The zero-order valence-corrected chi connectivity index (χ0v) is 6.08. The van der Waals surface area contributed by atoms with Crippen LogP contribution in [0, 0.1) is 0 Å². The fourth-order valence-electron chi connectivity index (χ4n) is 0.249. The van der Waals surface area contributed by atoms with Gasteiger partial charge in [0, 0.05) is 5.03 Å². The van der Waals surface area contributed by atoms with Gasteiger partial charge >= 0.3 is 0 Å². The molecule has 0 rings (SSSR count). The second-order valence-corrected chi connectivity index (χ2v) is 2.74. The number of aliphatic hydroxyl groups excluding tert-OH is 1. The zero-order valence-electron chi connectivity index (χ0n) is 4.56. The van der Waals surface area contributed by atoms with Crippen LogP contribution in [0.4, 0.5) is 0 Å². The summed E-state index contributed by atoms with van der Waals surface area (Å²) in [4.78, 5) is 0. The highest BCUT2D eigenvalue weighted by atomic mass is 35.5. The number of alkyl halides is 1. The first-order valence-electron chi connectivity index (χ1n) is 2.22. The first-order valence-corrected chi connectivity index (χ1v) is 3.03. The molecule has 2 atom stereocenters. The molecule has 0 fully saturated rings. The zero-order chi connectivity index (χ0) is 6.73. The Morgan fingerprint density at radius 1 is 1.75 bits per heavy atom. The Bertz CT molecular complexity index is 90.4. The third kappa shape index (κ3) is 2.55. The van der Waals surface area contributed by atoms with E-state index in [0.29, 0.717) is 0 Å². The van der Waals surface area contributed by atoms with Gasteiger partial charge in [0.1, 0.15) is 6.10 Å². The van der Waals surface area contributed by atoms with Gasteiger partial charge in [-0.15, -0.1) is 11.6 Å². The largest absolute Gasteiger partial charge is 0.386 e. The van der Waals surface area contributed by atoms with E-state index in [1.54, 1.807) is 6.92 Å². The quantitative estimate of drug-likeness (QED) is 0.602. The fourth-order valence-corrected chi connectivity index (χ4v) is 0.655. The Morgan fingerprint density at radius 2 is 2.12 bits per heavy atom. The topological polar surface area (TPSA) is 20.2 Å². The molecular formula is C5H8Cl2O. The van der Waals surface area contributed by atoms with E-state index in [-0.39, 0.29) is 10.4 Å². The highest BCUT2D eigenvalue weighted by Gasteiger charge is 2.11. The van der Waals surface area contributed by atoms with Gasteiger partial charge in [0.05, 0.1) is 5.38 Å². The smallest absolute Gasteiger partial charge is 0.105 e. The van der Waals surface area contributed by atoms with Crippen LogP contribution >= 0.6 is 23.2 Å². The van der Waals surface area contributed by atoms with Crippen LogP contribution in [0.3, 0.4) is 0 Å². The number of rotatable bonds is 2. The van der Waals surface area contributed by atoms with Crippen LogP contribution in [0.25, 0.3) is 0 Å². The second kappa shape index (κ2) is 3.33. The van der Waals surface area contributed by atoms with Crippen molar-refractivity contribution in [2.45, 2.75) is 18.4 Å². The van der Waals surface area contributed by atoms with E-state index in [1.165, 1.54) is 0 Å². The van der Waals surface area contributed by atoms with Gasteiger partial charge in [-0.3, -0.25) is 0 Å². The first-order chi connectivity index (χ1) is 3.55. The third-order valence-electron chi connectivity index (χ3n) is 0.756. The summed E-state index contributed by atoms with van der Waals surface area (Å²) in [6.45, 7) is 4.96. The molecule has 0 heterocycles. The van der Waals surface area contributed by atoms with Gasteiger partial charge in [-0.1, -0.05) is 18.2 Å². The Kier molecular flexibility index (Phi) is 3.45. The van der Waals surface area contributed by atoms with Crippen molar-refractivity contribution in [1.29, 1.82) is 0 Å². The first kappa shape index (κ1) is 8.28. The van der Waals surface area contributed by atoms with Crippen molar-refractivity contribution in [3.8, 4) is 0 Å². The van der Waals surface area contributed by atoms with Gasteiger partial charge in [0.15, 0.2) is 0 Å². The lowest BCUT2D eigenvalue weighted by Gasteiger charge is -2.08. The van der Waals surface area contributed by atoms with Crippen molar-refractivity contribution < 1.29 is 5.11 Å². The van der Waals surface area contributed by atoms with Crippen LogP contribution in [-0.2, 0) is 0 Å². The monoisotopic (exact) mass is 154 g/mol. The SMILES string of the molecule is C=C(Cl)C(O)C(C)Cl. The van der Waals surface area contributed by atoms with E-state index >= 15 is 0 Å². The molecule has 8 heavy (non-hydrogen) atoms. The van der Waals surface area contributed by atoms with Crippen molar-refractivity contribution in [2.24, 2.45) is 0 Å². The normalized spacial score (nSPS) is 17.5. The Morgan fingerprint density at radius 3 is 2.12 bits per heavy atom. The van der Waals surface area contributed by atoms with Crippen molar-refractivity contribution in [2.75, 3.05) is 0 Å². The summed E-state index contributed by atoms with van der Waals surface area (Å²) in [7, 11) is 0. The average Bonchev–Trinajstić information content (AvgIpc) is 1.64. The van der Waals surface area contributed by atoms with Crippen molar-refractivity contribution in [1.82, 2.24) is 0 Å². The molecule has 0 aliphatic rings. The summed E-state index contributed by atoms with van der Waals surface area (Å²) >= 11 is 10.7. The third-order valence-corrected chi connectivity index (χ3v) is 1.22. The Labute approximate surface area is 58.9 Å². The maximum Gasteiger partial charge on any atom is 0.105 e. The molecule has 0 saturated heterocycles. The van der Waals surface area contributed by atoms with Gasteiger partial charge in [-0.05, 0) is 6.92 Å². The molecule has 48 valence electrons. The molecule has 0 amide bonds. The minimum atomic E-state index is -0.793. The van der Waals surface area contributed by atoms with Gasteiger partial charge in [-0.2, -0.15) is 0 Å². The minimum Gasteiger partial charge on any atom is -0.386 e. The van der Waals surface area contributed by atoms with Crippen molar-refractivity contribution in [3.63, 3.8) is 0 Å². The van der Waals surface area contributed by atoms with E-state index in [0.717, 1.165) is 0 Å². The molecule has 0 aliphatic heterocycles. The summed E-state index contributed by atoms with van der Waals surface area (Å²) in [6.07, 6.45) is -0.793. The molecule has 0 radical (unpaired) electrons. The Hall–Kier alpha value is 0.280.